The van der Waals surface area contributed by atoms with Gasteiger partial charge in [-0.1, -0.05) is 6.07 Å². The van der Waals surface area contributed by atoms with Crippen molar-refractivity contribution in [2.45, 2.75) is 19.5 Å². The molecule has 3 heterocycles. The molecule has 0 saturated carbocycles. The second kappa shape index (κ2) is 6.24. The molecule has 112 valence electrons. The van der Waals surface area contributed by atoms with Crippen molar-refractivity contribution < 1.29 is 9.53 Å². The van der Waals surface area contributed by atoms with Crippen molar-refractivity contribution in [1.29, 1.82) is 0 Å². The molecule has 2 aromatic heterocycles. The van der Waals surface area contributed by atoms with Crippen LogP contribution in [0.25, 0.3) is 5.65 Å². The maximum absolute atomic E-state index is 12.3. The van der Waals surface area contributed by atoms with Crippen LogP contribution < -0.4 is 5.32 Å². The van der Waals surface area contributed by atoms with Gasteiger partial charge in [0, 0.05) is 32.0 Å². The summed E-state index contributed by atoms with van der Waals surface area (Å²) in [5.74, 6) is 0.127. The summed E-state index contributed by atoms with van der Waals surface area (Å²) in [5, 5.41) is 3.25. The molecular formula is C15H20N4O2. The molecule has 1 atom stereocenters. The third-order valence-corrected chi connectivity index (χ3v) is 3.70. The molecule has 21 heavy (non-hydrogen) atoms. The molecule has 6 heteroatoms. The first-order chi connectivity index (χ1) is 10.2. The minimum atomic E-state index is -0.215. The van der Waals surface area contributed by atoms with Crippen molar-refractivity contribution in [2.24, 2.45) is 0 Å². The maximum atomic E-state index is 12.3. The predicted molar refractivity (Wildman–Crippen MR) is 78.9 cm³/mol. The van der Waals surface area contributed by atoms with Crippen molar-refractivity contribution in [3.05, 3.63) is 36.3 Å². The zero-order chi connectivity index (χ0) is 14.7. The molecule has 1 N–H and O–H groups in total. The number of amides is 1. The number of pyridine rings is 1. The fourth-order valence-corrected chi connectivity index (χ4v) is 2.47. The third kappa shape index (κ3) is 3.22. The Morgan fingerprint density at radius 1 is 1.43 bits per heavy atom. The van der Waals surface area contributed by atoms with E-state index in [0.29, 0.717) is 32.8 Å². The number of ether oxygens (including phenoxy) is 1. The van der Waals surface area contributed by atoms with E-state index in [1.54, 1.807) is 0 Å². The highest BCUT2D eigenvalue weighted by molar-refractivity contribution is 5.81. The standard InChI is InChI=1S/C15H20N4O2/c1-12(15(20)18-6-8-21-9-7-18)16-10-13-11-19-5-3-2-4-14(19)17-13/h2-5,11-12,16H,6-10H2,1H3. The quantitative estimate of drug-likeness (QED) is 0.898. The van der Waals surface area contributed by atoms with Crippen LogP contribution in [0.2, 0.25) is 0 Å². The van der Waals surface area contributed by atoms with Gasteiger partial charge in [-0.2, -0.15) is 0 Å². The van der Waals surface area contributed by atoms with Crippen LogP contribution in [0.1, 0.15) is 12.6 Å². The van der Waals surface area contributed by atoms with Gasteiger partial charge in [-0.3, -0.25) is 4.79 Å². The largest absolute Gasteiger partial charge is 0.378 e. The summed E-state index contributed by atoms with van der Waals surface area (Å²) in [6.45, 7) is 5.10. The molecule has 1 unspecified atom stereocenters. The molecule has 0 aliphatic carbocycles. The van der Waals surface area contributed by atoms with Gasteiger partial charge in [0.2, 0.25) is 5.91 Å². The van der Waals surface area contributed by atoms with Gasteiger partial charge in [-0.15, -0.1) is 0 Å². The van der Waals surface area contributed by atoms with E-state index in [1.165, 1.54) is 0 Å². The maximum Gasteiger partial charge on any atom is 0.239 e. The van der Waals surface area contributed by atoms with Gasteiger partial charge in [0.1, 0.15) is 5.65 Å². The molecule has 1 fully saturated rings. The van der Waals surface area contributed by atoms with Gasteiger partial charge < -0.3 is 19.4 Å². The van der Waals surface area contributed by atoms with E-state index in [2.05, 4.69) is 10.3 Å². The number of hydrogen-bond donors (Lipinski definition) is 1. The van der Waals surface area contributed by atoms with E-state index in [-0.39, 0.29) is 11.9 Å². The lowest BCUT2D eigenvalue weighted by atomic mass is 10.2. The summed E-state index contributed by atoms with van der Waals surface area (Å²) in [5.41, 5.74) is 1.85. The highest BCUT2D eigenvalue weighted by Gasteiger charge is 2.22. The number of morpholine rings is 1. The normalized spacial score (nSPS) is 17.1. The first-order valence-corrected chi connectivity index (χ1v) is 7.26. The van der Waals surface area contributed by atoms with Gasteiger partial charge in [-0.25, -0.2) is 4.98 Å². The Labute approximate surface area is 123 Å². The summed E-state index contributed by atoms with van der Waals surface area (Å²) >= 11 is 0. The Bertz CT molecular complexity index is 586. The minimum Gasteiger partial charge on any atom is -0.378 e. The number of nitrogens with zero attached hydrogens (tertiary/aromatic N) is 3. The Balaban J connectivity index is 1.57. The first-order valence-electron chi connectivity index (χ1n) is 7.26. The molecule has 0 bridgehead atoms. The summed E-state index contributed by atoms with van der Waals surface area (Å²) in [7, 11) is 0. The molecule has 1 aliphatic rings. The van der Waals surface area contributed by atoms with Crippen molar-refractivity contribution in [2.75, 3.05) is 26.3 Å². The van der Waals surface area contributed by atoms with Crippen LogP contribution in [0.15, 0.2) is 30.6 Å². The van der Waals surface area contributed by atoms with Crippen LogP contribution in [0.3, 0.4) is 0 Å². The van der Waals surface area contributed by atoms with E-state index >= 15 is 0 Å². The Morgan fingerprint density at radius 2 is 2.24 bits per heavy atom. The summed E-state index contributed by atoms with van der Waals surface area (Å²) < 4.78 is 7.24. The summed E-state index contributed by atoms with van der Waals surface area (Å²) in [6, 6.07) is 5.68. The molecule has 0 spiro atoms. The highest BCUT2D eigenvalue weighted by Crippen LogP contribution is 2.05. The topological polar surface area (TPSA) is 58.9 Å². The lowest BCUT2D eigenvalue weighted by Gasteiger charge is -2.29. The van der Waals surface area contributed by atoms with Gasteiger partial charge in [-0.05, 0) is 19.1 Å². The number of carbonyl (C=O) groups is 1. The Kier molecular flexibility index (Phi) is 4.17. The van der Waals surface area contributed by atoms with Crippen molar-refractivity contribution in [3.8, 4) is 0 Å². The second-order valence-corrected chi connectivity index (χ2v) is 5.24. The number of rotatable bonds is 4. The van der Waals surface area contributed by atoms with Gasteiger partial charge in [0.05, 0.1) is 24.9 Å². The molecule has 2 aromatic rings. The molecule has 0 radical (unpaired) electrons. The second-order valence-electron chi connectivity index (χ2n) is 5.24. The molecule has 1 saturated heterocycles. The molecular weight excluding hydrogens is 268 g/mol. The number of aromatic nitrogens is 2. The Morgan fingerprint density at radius 3 is 3.00 bits per heavy atom. The lowest BCUT2D eigenvalue weighted by Crippen LogP contribution is -2.49. The molecule has 3 rings (SSSR count). The molecule has 0 aromatic carbocycles. The van der Waals surface area contributed by atoms with Gasteiger partial charge in [0.15, 0.2) is 0 Å². The van der Waals surface area contributed by atoms with E-state index in [9.17, 15) is 4.79 Å². The number of carbonyl (C=O) groups excluding carboxylic acids is 1. The smallest absolute Gasteiger partial charge is 0.239 e. The van der Waals surface area contributed by atoms with E-state index < -0.39 is 0 Å². The van der Waals surface area contributed by atoms with Crippen LogP contribution in [-0.2, 0) is 16.1 Å². The number of fused-ring (bicyclic) bond motifs is 1. The number of nitrogens with one attached hydrogen (secondary N) is 1. The third-order valence-electron chi connectivity index (χ3n) is 3.70. The lowest BCUT2D eigenvalue weighted by molar-refractivity contribution is -0.137. The van der Waals surface area contributed by atoms with Crippen LogP contribution in [0.4, 0.5) is 0 Å². The average Bonchev–Trinajstić information content (AvgIpc) is 2.95. The van der Waals surface area contributed by atoms with Crippen molar-refractivity contribution in [1.82, 2.24) is 19.6 Å². The fraction of sp³-hybridized carbons (Fsp3) is 0.467. The zero-order valence-electron chi connectivity index (χ0n) is 12.2. The SMILES string of the molecule is CC(NCc1cn2ccccc2n1)C(=O)N1CCOCC1. The van der Waals surface area contributed by atoms with Crippen molar-refractivity contribution >= 4 is 11.6 Å². The average molecular weight is 288 g/mol. The monoisotopic (exact) mass is 288 g/mol. The predicted octanol–water partition coefficient (Wildman–Crippen LogP) is 0.671. The fourth-order valence-electron chi connectivity index (χ4n) is 2.47. The molecule has 1 aliphatic heterocycles. The molecule has 1 amide bonds. The zero-order valence-corrected chi connectivity index (χ0v) is 12.2. The number of imidazole rings is 1. The van der Waals surface area contributed by atoms with Gasteiger partial charge in [0.25, 0.3) is 0 Å². The van der Waals surface area contributed by atoms with Gasteiger partial charge >= 0.3 is 0 Å². The Hall–Kier alpha value is -1.92. The van der Waals surface area contributed by atoms with Crippen LogP contribution in [-0.4, -0.2) is 52.5 Å². The van der Waals surface area contributed by atoms with E-state index in [4.69, 9.17) is 4.74 Å². The highest BCUT2D eigenvalue weighted by atomic mass is 16.5. The minimum absolute atomic E-state index is 0.127. The summed E-state index contributed by atoms with van der Waals surface area (Å²) in [4.78, 5) is 18.6. The van der Waals surface area contributed by atoms with E-state index in [0.717, 1.165) is 11.3 Å². The van der Waals surface area contributed by atoms with Crippen LogP contribution in [0.5, 0.6) is 0 Å². The van der Waals surface area contributed by atoms with E-state index in [1.807, 2.05) is 46.8 Å². The van der Waals surface area contributed by atoms with Crippen LogP contribution in [0, 0.1) is 0 Å². The molecule has 6 nitrogen and oxygen atoms in total. The number of hydrogen-bond acceptors (Lipinski definition) is 4. The van der Waals surface area contributed by atoms with Crippen LogP contribution >= 0.6 is 0 Å². The van der Waals surface area contributed by atoms with Crippen molar-refractivity contribution in [3.63, 3.8) is 0 Å². The summed E-state index contributed by atoms with van der Waals surface area (Å²) in [6.07, 6.45) is 3.95. The first kappa shape index (κ1) is 14.0.